The van der Waals surface area contributed by atoms with Crippen LogP contribution in [0.25, 0.3) is 10.4 Å². The Bertz CT molecular complexity index is 941. The molecule has 0 saturated carbocycles. The number of hydrogen-bond donors (Lipinski definition) is 1. The lowest BCUT2D eigenvalue weighted by Crippen LogP contribution is -2.12. The molecule has 8 heteroatoms. The molecule has 118 valence electrons. The molecule has 0 aliphatic rings. The summed E-state index contributed by atoms with van der Waals surface area (Å²) in [7, 11) is -3.77. The second kappa shape index (κ2) is 6.49. The number of rotatable bonds is 4. The average Bonchev–Trinajstić information content (AvgIpc) is 2.98. The highest BCUT2D eigenvalue weighted by atomic mass is 35.5. The zero-order valence-corrected chi connectivity index (χ0v) is 14.7. The Kier molecular flexibility index (Phi) is 4.59. The molecule has 3 rings (SSSR count). The Morgan fingerprint density at radius 1 is 1.00 bits per heavy atom. The van der Waals surface area contributed by atoms with E-state index in [1.165, 1.54) is 29.5 Å². The molecule has 1 N–H and O–H groups in total. The van der Waals surface area contributed by atoms with Gasteiger partial charge in [-0.05, 0) is 23.8 Å². The van der Waals surface area contributed by atoms with Crippen LogP contribution in [-0.2, 0) is 10.0 Å². The van der Waals surface area contributed by atoms with E-state index in [0.717, 1.165) is 10.4 Å². The number of benzene rings is 2. The Morgan fingerprint density at radius 2 is 1.74 bits per heavy atom. The molecular formula is C15H10Cl2N2O2S2. The third kappa shape index (κ3) is 3.67. The van der Waals surface area contributed by atoms with Gasteiger partial charge in [0, 0.05) is 6.20 Å². The summed E-state index contributed by atoms with van der Waals surface area (Å²) in [6, 6.07) is 13.7. The standard InChI is InChI=1S/C15H10Cl2N2O2S2/c16-12-7-6-11(8-13(12)17)23(20,21)19-15-18-9-14(22-15)10-4-2-1-3-5-10/h1-9H,(H,18,19). The Labute approximate surface area is 147 Å². The van der Waals surface area contributed by atoms with E-state index in [-0.39, 0.29) is 15.0 Å². The smallest absolute Gasteiger partial charge is 0.255 e. The van der Waals surface area contributed by atoms with Crippen LogP contribution in [0, 0.1) is 0 Å². The maximum atomic E-state index is 12.4. The summed E-state index contributed by atoms with van der Waals surface area (Å²) >= 11 is 12.9. The minimum Gasteiger partial charge on any atom is -0.255 e. The summed E-state index contributed by atoms with van der Waals surface area (Å²) in [5.41, 5.74) is 0.977. The number of thiazole rings is 1. The van der Waals surface area contributed by atoms with Crippen molar-refractivity contribution in [3.63, 3.8) is 0 Å². The van der Waals surface area contributed by atoms with Crippen LogP contribution in [0.5, 0.6) is 0 Å². The molecule has 4 nitrogen and oxygen atoms in total. The maximum absolute atomic E-state index is 12.4. The molecule has 0 saturated heterocycles. The van der Waals surface area contributed by atoms with E-state index in [0.29, 0.717) is 5.02 Å². The molecule has 0 bridgehead atoms. The lowest BCUT2D eigenvalue weighted by Gasteiger charge is -2.06. The molecule has 1 heterocycles. The number of aromatic nitrogens is 1. The zero-order valence-electron chi connectivity index (χ0n) is 11.5. The molecule has 1 aromatic heterocycles. The van der Waals surface area contributed by atoms with Crippen molar-refractivity contribution in [2.24, 2.45) is 0 Å². The van der Waals surface area contributed by atoms with Crippen LogP contribution in [0.2, 0.25) is 10.0 Å². The fourth-order valence-electron chi connectivity index (χ4n) is 1.88. The Hall–Kier alpha value is -1.60. The van der Waals surface area contributed by atoms with Crippen LogP contribution in [0.3, 0.4) is 0 Å². The predicted molar refractivity (Wildman–Crippen MR) is 94.8 cm³/mol. The molecule has 2 aromatic carbocycles. The highest BCUT2D eigenvalue weighted by molar-refractivity contribution is 7.93. The highest BCUT2D eigenvalue weighted by Crippen LogP contribution is 2.31. The van der Waals surface area contributed by atoms with Crippen molar-refractivity contribution in [1.82, 2.24) is 4.98 Å². The van der Waals surface area contributed by atoms with Gasteiger partial charge in [0.25, 0.3) is 10.0 Å². The molecular weight excluding hydrogens is 375 g/mol. The fraction of sp³-hybridized carbons (Fsp3) is 0. The van der Waals surface area contributed by atoms with E-state index in [4.69, 9.17) is 23.2 Å². The molecule has 0 spiro atoms. The van der Waals surface area contributed by atoms with E-state index in [1.54, 1.807) is 6.20 Å². The number of sulfonamides is 1. The van der Waals surface area contributed by atoms with Gasteiger partial charge >= 0.3 is 0 Å². The number of hydrogen-bond acceptors (Lipinski definition) is 4. The quantitative estimate of drug-likeness (QED) is 0.694. The third-order valence-electron chi connectivity index (χ3n) is 2.99. The van der Waals surface area contributed by atoms with Crippen molar-refractivity contribution in [2.45, 2.75) is 4.90 Å². The number of nitrogens with one attached hydrogen (secondary N) is 1. The van der Waals surface area contributed by atoms with Crippen molar-refractivity contribution in [3.8, 4) is 10.4 Å². The molecule has 0 atom stereocenters. The first-order chi connectivity index (χ1) is 11.0. The van der Waals surface area contributed by atoms with Crippen molar-refractivity contribution in [2.75, 3.05) is 4.72 Å². The van der Waals surface area contributed by atoms with Crippen molar-refractivity contribution >= 4 is 49.7 Å². The van der Waals surface area contributed by atoms with E-state index in [9.17, 15) is 8.42 Å². The topological polar surface area (TPSA) is 59.1 Å². The SMILES string of the molecule is O=S(=O)(Nc1ncc(-c2ccccc2)s1)c1ccc(Cl)c(Cl)c1. The largest absolute Gasteiger partial charge is 0.263 e. The Morgan fingerprint density at radius 3 is 2.43 bits per heavy atom. The monoisotopic (exact) mass is 384 g/mol. The lowest BCUT2D eigenvalue weighted by molar-refractivity contribution is 0.601. The Balaban J connectivity index is 1.86. The summed E-state index contributed by atoms with van der Waals surface area (Å²) in [5, 5.41) is 0.764. The maximum Gasteiger partial charge on any atom is 0.263 e. The van der Waals surface area contributed by atoms with Crippen LogP contribution in [-0.4, -0.2) is 13.4 Å². The first-order valence-electron chi connectivity index (χ1n) is 6.45. The minimum absolute atomic E-state index is 0.0309. The average molecular weight is 385 g/mol. The number of nitrogens with zero attached hydrogens (tertiary/aromatic N) is 1. The summed E-state index contributed by atoms with van der Waals surface area (Å²) in [6.45, 7) is 0. The number of anilines is 1. The van der Waals surface area contributed by atoms with Crippen LogP contribution in [0.1, 0.15) is 0 Å². The first-order valence-corrected chi connectivity index (χ1v) is 9.50. The molecule has 0 radical (unpaired) electrons. The van der Waals surface area contributed by atoms with Crippen LogP contribution in [0.4, 0.5) is 5.13 Å². The minimum atomic E-state index is -3.77. The van der Waals surface area contributed by atoms with E-state index >= 15 is 0 Å². The molecule has 0 amide bonds. The zero-order chi connectivity index (χ0) is 16.4. The van der Waals surface area contributed by atoms with Crippen LogP contribution in [0.15, 0.2) is 59.6 Å². The number of halogens is 2. The normalized spacial score (nSPS) is 11.4. The van der Waals surface area contributed by atoms with Gasteiger partial charge in [0.1, 0.15) is 0 Å². The molecule has 0 aliphatic carbocycles. The van der Waals surface area contributed by atoms with Crippen molar-refractivity contribution in [1.29, 1.82) is 0 Å². The second-order valence-corrected chi connectivity index (χ2v) is 8.10. The molecule has 0 unspecified atom stereocenters. The van der Waals surface area contributed by atoms with Gasteiger partial charge in [0.05, 0.1) is 19.8 Å². The van der Waals surface area contributed by atoms with Gasteiger partial charge in [0.2, 0.25) is 0 Å². The summed E-state index contributed by atoms with van der Waals surface area (Å²) in [4.78, 5) is 5.02. The van der Waals surface area contributed by atoms with Gasteiger partial charge in [-0.2, -0.15) is 0 Å². The van der Waals surface area contributed by atoms with Gasteiger partial charge in [-0.1, -0.05) is 64.9 Å². The van der Waals surface area contributed by atoms with Crippen LogP contribution < -0.4 is 4.72 Å². The molecule has 3 aromatic rings. The predicted octanol–water partition coefficient (Wildman–Crippen LogP) is 4.92. The van der Waals surface area contributed by atoms with Crippen molar-refractivity contribution < 1.29 is 8.42 Å². The summed E-state index contributed by atoms with van der Waals surface area (Å²) in [6.07, 6.45) is 1.63. The molecule has 23 heavy (non-hydrogen) atoms. The fourth-order valence-corrected chi connectivity index (χ4v) is 4.33. The molecule has 0 aliphatic heterocycles. The van der Waals surface area contributed by atoms with E-state index in [1.807, 2.05) is 30.3 Å². The van der Waals surface area contributed by atoms with Gasteiger partial charge in [0.15, 0.2) is 5.13 Å². The first kappa shape index (κ1) is 16.3. The summed E-state index contributed by atoms with van der Waals surface area (Å²) in [5.74, 6) is 0. The van der Waals surface area contributed by atoms with Gasteiger partial charge in [-0.15, -0.1) is 0 Å². The van der Waals surface area contributed by atoms with E-state index < -0.39 is 10.0 Å². The second-order valence-electron chi connectivity index (χ2n) is 4.58. The van der Waals surface area contributed by atoms with E-state index in [2.05, 4.69) is 9.71 Å². The van der Waals surface area contributed by atoms with Crippen molar-refractivity contribution in [3.05, 3.63) is 64.8 Å². The van der Waals surface area contributed by atoms with Gasteiger partial charge < -0.3 is 0 Å². The van der Waals surface area contributed by atoms with Gasteiger partial charge in [-0.25, -0.2) is 13.4 Å². The van der Waals surface area contributed by atoms with Crippen LogP contribution >= 0.6 is 34.5 Å². The van der Waals surface area contributed by atoms with Gasteiger partial charge in [-0.3, -0.25) is 4.72 Å². The highest BCUT2D eigenvalue weighted by Gasteiger charge is 2.17. The lowest BCUT2D eigenvalue weighted by atomic mass is 10.2. The molecule has 0 fully saturated rings. The third-order valence-corrected chi connectivity index (χ3v) is 6.15. The summed E-state index contributed by atoms with van der Waals surface area (Å²) < 4.78 is 27.2.